The van der Waals surface area contributed by atoms with Gasteiger partial charge in [-0.15, -0.1) is 0 Å². The summed E-state index contributed by atoms with van der Waals surface area (Å²) in [6.45, 7) is 2.11. The second kappa shape index (κ2) is 5.83. The van der Waals surface area contributed by atoms with Crippen molar-refractivity contribution >= 4 is 23.3 Å². The van der Waals surface area contributed by atoms with Crippen LogP contribution in [0.5, 0.6) is 0 Å². The van der Waals surface area contributed by atoms with E-state index in [1.165, 1.54) is 13.5 Å². The average Bonchev–Trinajstić information content (AvgIpc) is 2.43. The molecule has 0 amide bonds. The molecule has 0 spiro atoms. The molecule has 3 nitrogen and oxygen atoms in total. The van der Waals surface area contributed by atoms with Gasteiger partial charge in [0.05, 0.1) is 7.11 Å². The van der Waals surface area contributed by atoms with Crippen molar-refractivity contribution in [1.29, 1.82) is 0 Å². The number of hydrogen-bond acceptors (Lipinski definition) is 3. The maximum atomic E-state index is 12.3. The largest absolute Gasteiger partial charge is 0.467 e. The third-order valence-corrected chi connectivity index (χ3v) is 4.31. The SMILES string of the molecule is COC(=O)C1(Nc2ccc(Cl)cc2)CCCCC1C. The lowest BCUT2D eigenvalue weighted by Gasteiger charge is -2.41. The minimum atomic E-state index is -0.610. The number of anilines is 1. The van der Waals surface area contributed by atoms with E-state index in [9.17, 15) is 4.79 Å². The van der Waals surface area contributed by atoms with Crippen LogP contribution in [0, 0.1) is 5.92 Å². The van der Waals surface area contributed by atoms with Gasteiger partial charge in [0.25, 0.3) is 0 Å². The minimum Gasteiger partial charge on any atom is -0.467 e. The highest BCUT2D eigenvalue weighted by Crippen LogP contribution is 2.37. The molecule has 1 aliphatic rings. The van der Waals surface area contributed by atoms with Gasteiger partial charge >= 0.3 is 5.97 Å². The Kier molecular flexibility index (Phi) is 4.35. The Balaban J connectivity index is 2.27. The van der Waals surface area contributed by atoms with Crippen LogP contribution < -0.4 is 5.32 Å². The van der Waals surface area contributed by atoms with E-state index in [-0.39, 0.29) is 11.9 Å². The fourth-order valence-electron chi connectivity index (χ4n) is 2.86. The van der Waals surface area contributed by atoms with Gasteiger partial charge in [-0.2, -0.15) is 0 Å². The smallest absolute Gasteiger partial charge is 0.331 e. The van der Waals surface area contributed by atoms with Crippen LogP contribution >= 0.6 is 11.6 Å². The van der Waals surface area contributed by atoms with Crippen molar-refractivity contribution in [2.24, 2.45) is 5.92 Å². The third kappa shape index (κ3) is 2.86. The zero-order chi connectivity index (χ0) is 13.9. The number of carbonyl (C=O) groups is 1. The molecule has 0 radical (unpaired) electrons. The zero-order valence-electron chi connectivity index (χ0n) is 11.4. The van der Waals surface area contributed by atoms with Gasteiger partial charge in [-0.05, 0) is 43.0 Å². The molecule has 19 heavy (non-hydrogen) atoms. The van der Waals surface area contributed by atoms with Gasteiger partial charge in [0, 0.05) is 10.7 Å². The average molecular weight is 282 g/mol. The number of benzene rings is 1. The van der Waals surface area contributed by atoms with E-state index in [1.54, 1.807) is 0 Å². The Labute approximate surface area is 119 Å². The summed E-state index contributed by atoms with van der Waals surface area (Å²) in [5.41, 5.74) is 0.296. The summed E-state index contributed by atoms with van der Waals surface area (Å²) < 4.78 is 5.03. The molecule has 2 unspecified atom stereocenters. The van der Waals surface area contributed by atoms with Crippen LogP contribution in [0.1, 0.15) is 32.6 Å². The summed E-state index contributed by atoms with van der Waals surface area (Å²) in [6.07, 6.45) is 4.06. The first-order chi connectivity index (χ1) is 9.08. The van der Waals surface area contributed by atoms with Crippen molar-refractivity contribution in [3.05, 3.63) is 29.3 Å². The maximum Gasteiger partial charge on any atom is 0.331 e. The molecule has 104 valence electrons. The summed E-state index contributed by atoms with van der Waals surface area (Å²) >= 11 is 5.89. The van der Waals surface area contributed by atoms with Crippen LogP contribution in [0.2, 0.25) is 5.02 Å². The molecule has 0 bridgehead atoms. The van der Waals surface area contributed by atoms with E-state index in [4.69, 9.17) is 16.3 Å². The molecule has 1 aromatic carbocycles. The Morgan fingerprint density at radius 1 is 1.37 bits per heavy atom. The summed E-state index contributed by atoms with van der Waals surface area (Å²) in [5.74, 6) is 0.0824. The van der Waals surface area contributed by atoms with Crippen molar-refractivity contribution < 1.29 is 9.53 Å². The quantitative estimate of drug-likeness (QED) is 0.855. The van der Waals surface area contributed by atoms with E-state index >= 15 is 0 Å². The maximum absolute atomic E-state index is 12.3. The molecule has 1 N–H and O–H groups in total. The molecule has 1 aliphatic carbocycles. The molecule has 4 heteroatoms. The zero-order valence-corrected chi connectivity index (χ0v) is 12.2. The first-order valence-corrected chi connectivity index (χ1v) is 7.08. The number of nitrogens with one attached hydrogen (secondary N) is 1. The third-order valence-electron chi connectivity index (χ3n) is 4.06. The Morgan fingerprint density at radius 2 is 2.05 bits per heavy atom. The number of hydrogen-bond donors (Lipinski definition) is 1. The topological polar surface area (TPSA) is 38.3 Å². The summed E-state index contributed by atoms with van der Waals surface area (Å²) in [6, 6.07) is 7.44. The highest BCUT2D eigenvalue weighted by molar-refractivity contribution is 6.30. The van der Waals surface area contributed by atoms with Crippen LogP contribution in [0.15, 0.2) is 24.3 Å². The lowest BCUT2D eigenvalue weighted by Crippen LogP contribution is -2.54. The molecule has 0 saturated heterocycles. The van der Waals surface area contributed by atoms with Crippen LogP contribution in [-0.2, 0) is 9.53 Å². The molecule has 1 aromatic rings. The van der Waals surface area contributed by atoms with E-state index in [0.717, 1.165) is 24.9 Å². The lowest BCUT2D eigenvalue weighted by atomic mass is 9.73. The van der Waals surface area contributed by atoms with Gasteiger partial charge < -0.3 is 10.1 Å². The van der Waals surface area contributed by atoms with E-state index < -0.39 is 5.54 Å². The fourth-order valence-corrected chi connectivity index (χ4v) is 2.99. The van der Waals surface area contributed by atoms with Gasteiger partial charge in [0.2, 0.25) is 0 Å². The molecule has 0 aliphatic heterocycles. The van der Waals surface area contributed by atoms with Gasteiger partial charge in [-0.1, -0.05) is 31.4 Å². The van der Waals surface area contributed by atoms with Crippen LogP contribution in [0.4, 0.5) is 5.69 Å². The normalized spacial score (nSPS) is 26.8. The van der Waals surface area contributed by atoms with Crippen molar-refractivity contribution in [2.75, 3.05) is 12.4 Å². The summed E-state index contributed by atoms with van der Waals surface area (Å²) in [5, 5.41) is 4.08. The van der Waals surface area contributed by atoms with Crippen LogP contribution in [-0.4, -0.2) is 18.6 Å². The van der Waals surface area contributed by atoms with Gasteiger partial charge in [0.15, 0.2) is 0 Å². The fraction of sp³-hybridized carbons (Fsp3) is 0.533. The monoisotopic (exact) mass is 281 g/mol. The Hall–Kier alpha value is -1.22. The molecular formula is C15H20ClNO2. The summed E-state index contributed by atoms with van der Waals surface area (Å²) in [4.78, 5) is 12.3. The minimum absolute atomic E-state index is 0.172. The van der Waals surface area contributed by atoms with E-state index in [1.807, 2.05) is 24.3 Å². The molecule has 1 fully saturated rings. The molecule has 0 aromatic heterocycles. The van der Waals surface area contributed by atoms with Crippen molar-refractivity contribution in [1.82, 2.24) is 0 Å². The number of methoxy groups -OCH3 is 1. The molecule has 1 saturated carbocycles. The predicted molar refractivity (Wildman–Crippen MR) is 77.5 cm³/mol. The van der Waals surface area contributed by atoms with Crippen molar-refractivity contribution in [3.8, 4) is 0 Å². The highest BCUT2D eigenvalue weighted by atomic mass is 35.5. The van der Waals surface area contributed by atoms with Crippen LogP contribution in [0.25, 0.3) is 0 Å². The number of carbonyl (C=O) groups excluding carboxylic acids is 1. The number of rotatable bonds is 3. The van der Waals surface area contributed by atoms with E-state index in [2.05, 4.69) is 12.2 Å². The van der Waals surface area contributed by atoms with Gasteiger partial charge in [0.1, 0.15) is 5.54 Å². The van der Waals surface area contributed by atoms with Crippen LogP contribution in [0.3, 0.4) is 0 Å². The number of halogens is 1. The molecule has 0 heterocycles. The van der Waals surface area contributed by atoms with Crippen molar-refractivity contribution in [3.63, 3.8) is 0 Å². The number of esters is 1. The highest BCUT2D eigenvalue weighted by Gasteiger charge is 2.45. The van der Waals surface area contributed by atoms with Crippen molar-refractivity contribution in [2.45, 2.75) is 38.1 Å². The Bertz CT molecular complexity index is 446. The first kappa shape index (κ1) is 14.2. The predicted octanol–water partition coefficient (Wildman–Crippen LogP) is 3.87. The van der Waals surface area contributed by atoms with Gasteiger partial charge in [-0.3, -0.25) is 0 Å². The van der Waals surface area contributed by atoms with E-state index in [0.29, 0.717) is 5.02 Å². The summed E-state index contributed by atoms with van der Waals surface area (Å²) in [7, 11) is 1.45. The Morgan fingerprint density at radius 3 is 2.63 bits per heavy atom. The lowest BCUT2D eigenvalue weighted by molar-refractivity contribution is -0.149. The standard InChI is InChI=1S/C15H20ClNO2/c1-11-5-3-4-10-15(11,14(18)19-2)17-13-8-6-12(16)7-9-13/h6-9,11,17H,3-5,10H2,1-2H3. The second-order valence-electron chi connectivity index (χ2n) is 5.24. The second-order valence-corrected chi connectivity index (χ2v) is 5.68. The van der Waals surface area contributed by atoms with Gasteiger partial charge in [-0.25, -0.2) is 4.79 Å². The number of ether oxygens (including phenoxy) is 1. The molecule has 2 rings (SSSR count). The first-order valence-electron chi connectivity index (χ1n) is 6.70. The molecular weight excluding hydrogens is 262 g/mol. The molecule has 2 atom stereocenters.